The molecule has 0 saturated carbocycles. The molecule has 2 aromatic rings. The zero-order valence-electron chi connectivity index (χ0n) is 34.7. The minimum Gasteiger partial charge on any atom is -0.508 e. The summed E-state index contributed by atoms with van der Waals surface area (Å²) < 4.78 is 42.4. The average Bonchev–Trinajstić information content (AvgIpc) is 3.08. The fourth-order valence-electron chi connectivity index (χ4n) is 5.55. The van der Waals surface area contributed by atoms with Crippen LogP contribution in [-0.4, -0.2) is 120 Å². The Balaban J connectivity index is 0.000000303. The largest absolute Gasteiger partial charge is 0.508 e. The van der Waals surface area contributed by atoms with E-state index in [1.165, 1.54) is 18.4 Å². The minimum absolute atomic E-state index is 0.244. The van der Waals surface area contributed by atoms with Gasteiger partial charge in [0, 0.05) is 13.1 Å². The van der Waals surface area contributed by atoms with Crippen molar-refractivity contribution in [2.24, 2.45) is 11.8 Å². The number of benzene rings is 2. The van der Waals surface area contributed by atoms with Crippen LogP contribution in [0.2, 0.25) is 0 Å². The van der Waals surface area contributed by atoms with Crippen molar-refractivity contribution in [3.8, 4) is 11.5 Å². The summed E-state index contributed by atoms with van der Waals surface area (Å²) in [6.45, 7) is 17.7. The Bertz CT molecular complexity index is 1490. The van der Waals surface area contributed by atoms with Crippen molar-refractivity contribution in [2.45, 2.75) is 91.3 Å². The van der Waals surface area contributed by atoms with Gasteiger partial charge in [-0.3, -0.25) is 4.18 Å². The summed E-state index contributed by atoms with van der Waals surface area (Å²) in [7, 11) is 1.00. The molecule has 0 bridgehead atoms. The topological polar surface area (TPSA) is 156 Å². The lowest BCUT2D eigenvalue weighted by molar-refractivity contribution is 0.0517. The minimum atomic E-state index is -3.25. The van der Waals surface area contributed by atoms with Crippen molar-refractivity contribution in [3.63, 3.8) is 0 Å². The summed E-state index contributed by atoms with van der Waals surface area (Å²) in [5.41, 5.74) is 1.29. The molecule has 2 aliphatic rings. The third-order valence-corrected chi connectivity index (χ3v) is 9.27. The van der Waals surface area contributed by atoms with E-state index in [2.05, 4.69) is 46.7 Å². The van der Waals surface area contributed by atoms with E-state index < -0.39 is 27.4 Å². The number of aromatic hydroxyl groups is 1. The Morgan fingerprint density at radius 3 is 1.45 bits per heavy atom. The van der Waals surface area contributed by atoms with E-state index in [1.54, 1.807) is 12.1 Å². The first-order valence-corrected chi connectivity index (χ1v) is 21.1. The first-order valence-electron chi connectivity index (χ1n) is 19.3. The molecule has 2 heterocycles. The number of amides is 2. The third-order valence-electron chi connectivity index (χ3n) is 8.70. The number of hydrogen-bond acceptors (Lipinski definition) is 11. The van der Waals surface area contributed by atoms with Gasteiger partial charge in [0.1, 0.15) is 22.7 Å². The molecule has 0 unspecified atom stereocenters. The van der Waals surface area contributed by atoms with Crippen LogP contribution in [0, 0.1) is 11.8 Å². The number of phenols is 1. The Labute approximate surface area is 330 Å². The Morgan fingerprint density at radius 2 is 1.07 bits per heavy atom. The van der Waals surface area contributed by atoms with Crippen LogP contribution in [0.25, 0.3) is 0 Å². The number of piperidine rings is 2. The summed E-state index contributed by atoms with van der Waals surface area (Å²) in [4.78, 5) is 27.6. The molecule has 0 radical (unpaired) electrons. The second-order valence-electron chi connectivity index (χ2n) is 16.5. The predicted molar refractivity (Wildman–Crippen MR) is 217 cm³/mol. The maximum Gasteiger partial charge on any atom is 0.407 e. The summed E-state index contributed by atoms with van der Waals surface area (Å²) >= 11 is 0. The van der Waals surface area contributed by atoms with Crippen LogP contribution in [0.1, 0.15) is 78.4 Å². The lowest BCUT2D eigenvalue weighted by atomic mass is 9.98. The van der Waals surface area contributed by atoms with Gasteiger partial charge in [-0.2, -0.15) is 8.42 Å². The molecule has 2 fully saturated rings. The number of nitrogens with zero attached hydrogens (tertiary/aromatic N) is 2. The summed E-state index contributed by atoms with van der Waals surface area (Å²) in [6, 6.07) is 15.0. The lowest BCUT2D eigenvalue weighted by Gasteiger charge is -2.28. The van der Waals surface area contributed by atoms with Crippen LogP contribution in [0.5, 0.6) is 11.5 Å². The monoisotopic (exact) mass is 792 g/mol. The van der Waals surface area contributed by atoms with Gasteiger partial charge in [0.25, 0.3) is 10.1 Å². The lowest BCUT2D eigenvalue weighted by Crippen LogP contribution is -2.33. The van der Waals surface area contributed by atoms with Crippen molar-refractivity contribution in [1.82, 2.24) is 20.4 Å². The second kappa shape index (κ2) is 23.5. The molecule has 2 aliphatic heterocycles. The zero-order valence-corrected chi connectivity index (χ0v) is 35.5. The van der Waals surface area contributed by atoms with E-state index in [9.17, 15) is 18.0 Å². The van der Waals surface area contributed by atoms with Gasteiger partial charge < -0.3 is 39.8 Å². The molecule has 0 aromatic heterocycles. The van der Waals surface area contributed by atoms with Crippen molar-refractivity contribution in [2.75, 3.05) is 72.8 Å². The number of hydrogen-bond donors (Lipinski definition) is 3. The van der Waals surface area contributed by atoms with Crippen LogP contribution in [0.4, 0.5) is 9.59 Å². The third kappa shape index (κ3) is 24.5. The van der Waals surface area contributed by atoms with Gasteiger partial charge >= 0.3 is 12.2 Å². The average molecular weight is 793 g/mol. The molecule has 2 amide bonds. The van der Waals surface area contributed by atoms with Gasteiger partial charge in [-0.1, -0.05) is 24.3 Å². The molecule has 312 valence electrons. The van der Waals surface area contributed by atoms with Crippen LogP contribution < -0.4 is 15.4 Å². The van der Waals surface area contributed by atoms with Crippen LogP contribution in [-0.2, 0) is 36.6 Å². The maximum atomic E-state index is 11.6. The number of carbonyl (C=O) groups excluding carboxylic acids is 2. The number of likely N-dealkylation sites (tertiary alicyclic amines) is 2. The SMILES string of the molecule is CC(C)(C)OC(=O)NCCc1ccc(O)cc1.CN1CCC(COS(C)(=O)=O)CC1.CN1CCC(COc2ccc(CCNC(=O)OC(C)(C)C)cc2)CC1. The number of carbonyl (C=O) groups is 2. The molecule has 55 heavy (non-hydrogen) atoms. The molecule has 2 saturated heterocycles. The number of rotatable bonds is 12. The van der Waals surface area contributed by atoms with E-state index in [1.807, 2.05) is 65.8 Å². The van der Waals surface area contributed by atoms with Gasteiger partial charge in [-0.25, -0.2) is 9.59 Å². The highest BCUT2D eigenvalue weighted by Crippen LogP contribution is 2.20. The molecular formula is C41H68N4O9S. The standard InChI is InChI=1S/C20H32N2O3.C13H19NO3.C8H17NO3S/c1-20(2,3)25-19(23)21-12-9-16-5-7-18(8-6-16)24-15-17-10-13-22(4)14-11-17;1-13(2,3)17-12(16)14-9-8-10-4-6-11(15)7-5-10;1-9-5-3-8(4-6-9)7-12-13(2,10)11/h5-8,17H,9-15H2,1-4H3,(H,21,23);4-7,15H,8-9H2,1-3H3,(H,14,16);8H,3-7H2,1-2H3. The summed E-state index contributed by atoms with van der Waals surface area (Å²) in [5, 5.41) is 14.6. The summed E-state index contributed by atoms with van der Waals surface area (Å²) in [5.74, 6) is 2.23. The fourth-order valence-corrected chi connectivity index (χ4v) is 5.99. The van der Waals surface area contributed by atoms with Gasteiger partial charge in [0.05, 0.1) is 19.5 Å². The van der Waals surface area contributed by atoms with E-state index in [0.717, 1.165) is 69.6 Å². The summed E-state index contributed by atoms with van der Waals surface area (Å²) in [6.07, 6.45) is 6.30. The fraction of sp³-hybridized carbons (Fsp3) is 0.659. The van der Waals surface area contributed by atoms with Crippen LogP contribution in [0.3, 0.4) is 0 Å². The normalized spacial score (nSPS) is 16.1. The molecular weight excluding hydrogens is 725 g/mol. The highest BCUT2D eigenvalue weighted by molar-refractivity contribution is 7.85. The zero-order chi connectivity index (χ0) is 41.1. The van der Waals surface area contributed by atoms with E-state index in [0.29, 0.717) is 38.0 Å². The van der Waals surface area contributed by atoms with Crippen LogP contribution in [0.15, 0.2) is 48.5 Å². The van der Waals surface area contributed by atoms with E-state index in [4.69, 9.17) is 23.5 Å². The number of ether oxygens (including phenoxy) is 3. The van der Waals surface area contributed by atoms with Crippen molar-refractivity contribution in [3.05, 3.63) is 59.7 Å². The highest BCUT2D eigenvalue weighted by atomic mass is 32.2. The maximum absolute atomic E-state index is 11.6. The Hall–Kier alpha value is -3.59. The number of nitrogens with one attached hydrogen (secondary N) is 2. The molecule has 2 aromatic carbocycles. The van der Waals surface area contributed by atoms with Crippen molar-refractivity contribution in [1.29, 1.82) is 0 Å². The second-order valence-corrected chi connectivity index (χ2v) is 18.1. The first-order chi connectivity index (χ1) is 25.7. The molecule has 4 rings (SSSR count). The smallest absolute Gasteiger partial charge is 0.407 e. The number of alkyl carbamates (subject to hydrolysis) is 2. The predicted octanol–water partition coefficient (Wildman–Crippen LogP) is 6.24. The molecule has 0 atom stereocenters. The van der Waals surface area contributed by atoms with Crippen molar-refractivity contribution < 1.29 is 41.5 Å². The van der Waals surface area contributed by atoms with Gasteiger partial charge in [0.15, 0.2) is 0 Å². The number of phenolic OH excluding ortho intramolecular Hbond substituents is 1. The van der Waals surface area contributed by atoms with Crippen molar-refractivity contribution >= 4 is 22.3 Å². The molecule has 3 N–H and O–H groups in total. The van der Waals surface area contributed by atoms with Crippen LogP contribution >= 0.6 is 0 Å². The quantitative estimate of drug-likeness (QED) is 0.209. The van der Waals surface area contributed by atoms with Gasteiger partial charge in [-0.15, -0.1) is 0 Å². The highest BCUT2D eigenvalue weighted by Gasteiger charge is 2.20. The van der Waals surface area contributed by atoms with Gasteiger partial charge in [-0.05, 0) is 168 Å². The molecule has 0 spiro atoms. The Morgan fingerprint density at radius 1 is 0.691 bits per heavy atom. The van der Waals surface area contributed by atoms with Gasteiger partial charge in [0.2, 0.25) is 0 Å². The molecule has 14 heteroatoms. The molecule has 13 nitrogen and oxygen atoms in total. The van der Waals surface area contributed by atoms with E-state index in [-0.39, 0.29) is 11.8 Å². The first kappa shape index (κ1) is 47.6. The molecule has 0 aliphatic carbocycles. The van der Waals surface area contributed by atoms with E-state index >= 15 is 0 Å². The Kier molecular flexibility index (Phi) is 20.3.